The van der Waals surface area contributed by atoms with E-state index in [-0.39, 0.29) is 11.8 Å². The average molecular weight is 367 g/mol. The third kappa shape index (κ3) is 3.07. The number of likely N-dealkylation sites (tertiary alicyclic amines) is 1. The summed E-state index contributed by atoms with van der Waals surface area (Å²) in [6.45, 7) is 7.20. The second-order valence-corrected chi connectivity index (χ2v) is 7.97. The highest BCUT2D eigenvalue weighted by molar-refractivity contribution is 7.13. The van der Waals surface area contributed by atoms with Gasteiger partial charge in [0.2, 0.25) is 0 Å². The van der Waals surface area contributed by atoms with Crippen LogP contribution in [0.2, 0.25) is 0 Å². The summed E-state index contributed by atoms with van der Waals surface area (Å²) >= 11 is 1.48. The molecule has 0 bridgehead atoms. The van der Waals surface area contributed by atoms with E-state index in [4.69, 9.17) is 4.98 Å². The number of carbonyl (C=O) groups excluding carboxylic acids is 1. The van der Waals surface area contributed by atoms with E-state index in [0.717, 1.165) is 57.5 Å². The highest BCUT2D eigenvalue weighted by Crippen LogP contribution is 2.31. The van der Waals surface area contributed by atoms with E-state index in [1.807, 2.05) is 37.8 Å². The highest BCUT2D eigenvalue weighted by atomic mass is 32.1. The van der Waals surface area contributed by atoms with E-state index in [1.54, 1.807) is 6.20 Å². The second-order valence-electron chi connectivity index (χ2n) is 6.77. The summed E-state index contributed by atoms with van der Waals surface area (Å²) in [5, 5.41) is 1.92. The summed E-state index contributed by atoms with van der Waals surface area (Å²) in [5.74, 6) is 1.02. The molecule has 1 aliphatic rings. The summed E-state index contributed by atoms with van der Waals surface area (Å²) < 4.78 is 0. The maximum absolute atomic E-state index is 13.0. The molecule has 6 nitrogen and oxygen atoms in total. The molecular formula is C19H21N5OS. The minimum atomic E-state index is 0.0889. The van der Waals surface area contributed by atoms with Crippen LogP contribution >= 0.6 is 11.3 Å². The number of carbonyl (C=O) groups is 1. The van der Waals surface area contributed by atoms with Gasteiger partial charge >= 0.3 is 0 Å². The predicted molar refractivity (Wildman–Crippen MR) is 102 cm³/mol. The zero-order chi connectivity index (χ0) is 18.3. The van der Waals surface area contributed by atoms with Crippen LogP contribution in [-0.4, -0.2) is 43.8 Å². The molecule has 1 fully saturated rings. The van der Waals surface area contributed by atoms with Crippen molar-refractivity contribution in [2.45, 2.75) is 39.5 Å². The van der Waals surface area contributed by atoms with Crippen LogP contribution in [0.25, 0.3) is 11.0 Å². The number of amides is 1. The normalized spacial score (nSPS) is 17.7. The van der Waals surface area contributed by atoms with Crippen LogP contribution < -0.4 is 0 Å². The Morgan fingerprint density at radius 3 is 2.85 bits per heavy atom. The molecule has 3 aromatic rings. The molecule has 0 radical (unpaired) electrons. The molecule has 26 heavy (non-hydrogen) atoms. The average Bonchev–Trinajstić information content (AvgIpc) is 2.98. The molecule has 0 aromatic carbocycles. The van der Waals surface area contributed by atoms with Gasteiger partial charge in [0, 0.05) is 30.6 Å². The molecule has 3 aromatic heterocycles. The first-order valence-electron chi connectivity index (χ1n) is 8.85. The van der Waals surface area contributed by atoms with E-state index in [9.17, 15) is 4.79 Å². The Balaban J connectivity index is 1.65. The Hall–Kier alpha value is -2.41. The van der Waals surface area contributed by atoms with Gasteiger partial charge in [0.25, 0.3) is 5.91 Å². The first kappa shape index (κ1) is 17.0. The van der Waals surface area contributed by atoms with Crippen molar-refractivity contribution in [2.24, 2.45) is 0 Å². The molecular weight excluding hydrogens is 346 g/mol. The summed E-state index contributed by atoms with van der Waals surface area (Å²) in [4.78, 5) is 33.6. The molecule has 0 unspecified atom stereocenters. The number of fused-ring (bicyclic) bond motifs is 1. The third-order valence-corrected chi connectivity index (χ3v) is 5.87. The Kier molecular flexibility index (Phi) is 4.40. The van der Waals surface area contributed by atoms with Gasteiger partial charge in [-0.2, -0.15) is 0 Å². The third-order valence-electron chi connectivity index (χ3n) is 4.81. The fraction of sp³-hybridized carbons (Fsp3) is 0.421. The lowest BCUT2D eigenvalue weighted by molar-refractivity contribution is 0.0710. The number of pyridine rings is 1. The number of aromatic nitrogens is 4. The molecule has 4 rings (SSSR count). The number of hydrogen-bond donors (Lipinski definition) is 0. The minimum absolute atomic E-state index is 0.0889. The molecule has 1 amide bonds. The van der Waals surface area contributed by atoms with E-state index >= 15 is 0 Å². The van der Waals surface area contributed by atoms with Crippen molar-refractivity contribution >= 4 is 28.3 Å². The van der Waals surface area contributed by atoms with Crippen LogP contribution in [-0.2, 0) is 0 Å². The molecule has 0 N–H and O–H groups in total. The van der Waals surface area contributed by atoms with Gasteiger partial charge in [0.1, 0.15) is 10.7 Å². The van der Waals surface area contributed by atoms with Gasteiger partial charge in [0.15, 0.2) is 5.65 Å². The number of hydrogen-bond acceptors (Lipinski definition) is 6. The number of rotatable bonds is 2. The van der Waals surface area contributed by atoms with Crippen LogP contribution in [0.5, 0.6) is 0 Å². The molecule has 7 heteroatoms. The number of nitrogens with zero attached hydrogens (tertiary/aromatic N) is 5. The van der Waals surface area contributed by atoms with E-state index < -0.39 is 0 Å². The Morgan fingerprint density at radius 2 is 2.08 bits per heavy atom. The Labute approximate surface area is 156 Å². The minimum Gasteiger partial charge on any atom is -0.337 e. The quantitative estimate of drug-likeness (QED) is 0.694. The van der Waals surface area contributed by atoms with Gasteiger partial charge in [-0.1, -0.05) is 0 Å². The Morgan fingerprint density at radius 1 is 1.23 bits per heavy atom. The molecule has 134 valence electrons. The lowest BCUT2D eigenvalue weighted by atomic mass is 9.92. The van der Waals surface area contributed by atoms with Crippen molar-refractivity contribution in [3.63, 3.8) is 0 Å². The van der Waals surface area contributed by atoms with E-state index in [2.05, 4.69) is 15.0 Å². The fourth-order valence-corrected chi connectivity index (χ4v) is 4.56. The largest absolute Gasteiger partial charge is 0.337 e. The summed E-state index contributed by atoms with van der Waals surface area (Å²) in [6, 6.07) is 3.94. The molecule has 0 saturated carbocycles. The van der Waals surface area contributed by atoms with Gasteiger partial charge in [-0.05, 0) is 45.7 Å². The van der Waals surface area contributed by atoms with Gasteiger partial charge in [-0.15, -0.1) is 11.3 Å². The molecule has 0 spiro atoms. The lowest BCUT2D eigenvalue weighted by Gasteiger charge is -2.32. The summed E-state index contributed by atoms with van der Waals surface area (Å²) in [6.07, 6.45) is 3.74. The summed E-state index contributed by atoms with van der Waals surface area (Å²) in [5.41, 5.74) is 2.56. The first-order chi connectivity index (χ1) is 12.5. The van der Waals surface area contributed by atoms with Crippen LogP contribution in [0.15, 0.2) is 18.3 Å². The standard InChI is InChI=1S/C19H21N5OS/c1-11-17(26-13(3)21-11)19(25)24-9-5-6-14(10-24)16-15-7-4-8-20-18(15)23-12(2)22-16/h4,7-8,14H,5-6,9-10H2,1-3H3/t14-/m1/s1. The van der Waals surface area contributed by atoms with Gasteiger partial charge in [-0.3, -0.25) is 4.79 Å². The first-order valence-corrected chi connectivity index (χ1v) is 9.67. The molecule has 1 aliphatic heterocycles. The van der Waals surface area contributed by atoms with Gasteiger partial charge in [0.05, 0.1) is 16.4 Å². The summed E-state index contributed by atoms with van der Waals surface area (Å²) in [7, 11) is 0. The van der Waals surface area contributed by atoms with Crippen molar-refractivity contribution in [3.05, 3.63) is 45.4 Å². The van der Waals surface area contributed by atoms with Crippen LogP contribution in [0, 0.1) is 20.8 Å². The molecule has 4 heterocycles. The maximum atomic E-state index is 13.0. The van der Waals surface area contributed by atoms with Crippen molar-refractivity contribution in [1.82, 2.24) is 24.8 Å². The van der Waals surface area contributed by atoms with Gasteiger partial charge in [-0.25, -0.2) is 19.9 Å². The van der Waals surface area contributed by atoms with E-state index in [1.165, 1.54) is 11.3 Å². The number of thiazole rings is 1. The van der Waals surface area contributed by atoms with Crippen molar-refractivity contribution in [2.75, 3.05) is 13.1 Å². The Bertz CT molecular complexity index is 983. The number of aryl methyl sites for hydroxylation is 3. The van der Waals surface area contributed by atoms with Crippen LogP contribution in [0.4, 0.5) is 0 Å². The monoisotopic (exact) mass is 367 g/mol. The van der Waals surface area contributed by atoms with Crippen LogP contribution in [0.1, 0.15) is 50.7 Å². The fourth-order valence-electron chi connectivity index (χ4n) is 3.67. The predicted octanol–water partition coefficient (Wildman–Crippen LogP) is 3.43. The van der Waals surface area contributed by atoms with Crippen LogP contribution in [0.3, 0.4) is 0 Å². The zero-order valence-corrected chi connectivity index (χ0v) is 16.0. The smallest absolute Gasteiger partial charge is 0.265 e. The van der Waals surface area contributed by atoms with Crippen molar-refractivity contribution < 1.29 is 4.79 Å². The molecule has 1 saturated heterocycles. The van der Waals surface area contributed by atoms with Crippen molar-refractivity contribution in [3.8, 4) is 0 Å². The second kappa shape index (κ2) is 6.72. The SMILES string of the molecule is Cc1nc([C@@H]2CCCN(C(=O)c3sc(C)nc3C)C2)c2cccnc2n1. The van der Waals surface area contributed by atoms with Gasteiger partial charge < -0.3 is 4.90 Å². The molecule has 0 aliphatic carbocycles. The lowest BCUT2D eigenvalue weighted by Crippen LogP contribution is -2.39. The maximum Gasteiger partial charge on any atom is 0.265 e. The topological polar surface area (TPSA) is 71.9 Å². The number of piperidine rings is 1. The molecule has 1 atom stereocenters. The van der Waals surface area contributed by atoms with Crippen molar-refractivity contribution in [1.29, 1.82) is 0 Å². The highest BCUT2D eigenvalue weighted by Gasteiger charge is 2.29. The van der Waals surface area contributed by atoms with E-state index in [0.29, 0.717) is 6.54 Å². The zero-order valence-electron chi connectivity index (χ0n) is 15.2.